The van der Waals surface area contributed by atoms with E-state index in [1.165, 1.54) is 16.8 Å². The third-order valence-corrected chi connectivity index (χ3v) is 14.5. The summed E-state index contributed by atoms with van der Waals surface area (Å²) in [6.07, 6.45) is 8.65. The second-order valence-electron chi connectivity index (χ2n) is 18.0. The van der Waals surface area contributed by atoms with E-state index < -0.39 is 17.8 Å². The second-order valence-corrected chi connectivity index (χ2v) is 18.0. The first-order chi connectivity index (χ1) is 27.3. The van der Waals surface area contributed by atoms with Crippen molar-refractivity contribution in [2.75, 3.05) is 62.2 Å². The van der Waals surface area contributed by atoms with Gasteiger partial charge in [0.15, 0.2) is 11.5 Å². The number of rotatable bonds is 3. The molecule has 3 aromatic rings. The van der Waals surface area contributed by atoms with E-state index in [1.54, 1.807) is 6.20 Å². The summed E-state index contributed by atoms with van der Waals surface area (Å²) in [6, 6.07) is 5.16. The molecular weight excluding hydrogens is 722 g/mol. The molecule has 0 spiro atoms. The van der Waals surface area contributed by atoms with Crippen LogP contribution in [0.25, 0.3) is 16.7 Å². The summed E-state index contributed by atoms with van der Waals surface area (Å²) >= 11 is 0. The van der Waals surface area contributed by atoms with Crippen molar-refractivity contribution in [3.63, 3.8) is 0 Å². The van der Waals surface area contributed by atoms with Gasteiger partial charge in [0.2, 0.25) is 5.95 Å². The molecule has 13 nitrogen and oxygen atoms in total. The molecule has 1 aromatic carbocycles. The molecule has 9 heterocycles. The first-order valence-electron chi connectivity index (χ1n) is 21.3. The minimum atomic E-state index is -0.794. The van der Waals surface area contributed by atoms with Crippen LogP contribution in [-0.4, -0.2) is 149 Å². The van der Waals surface area contributed by atoms with E-state index in [2.05, 4.69) is 52.9 Å². The number of aromatic nitrogens is 4. The van der Waals surface area contributed by atoms with E-state index in [1.807, 2.05) is 0 Å². The molecule has 4 N–H and O–H groups in total. The smallest absolute Gasteiger partial charge is 0.230 e. The number of hydrogen-bond donors (Lipinski definition) is 4. The molecule has 1 aliphatic carbocycles. The maximum Gasteiger partial charge on any atom is 0.230 e. The van der Waals surface area contributed by atoms with E-state index >= 15 is 8.78 Å². The number of halogens is 3. The van der Waals surface area contributed by atoms with Gasteiger partial charge in [-0.3, -0.25) is 25.8 Å². The van der Waals surface area contributed by atoms with Crippen LogP contribution < -0.4 is 31.1 Å². The summed E-state index contributed by atoms with van der Waals surface area (Å²) in [4.78, 5) is 20.5. The highest BCUT2D eigenvalue weighted by atomic mass is 19.1. The lowest BCUT2D eigenvalue weighted by molar-refractivity contribution is -0.00972. The van der Waals surface area contributed by atoms with Crippen molar-refractivity contribution >= 4 is 22.8 Å². The third kappa shape index (κ3) is 6.29. The van der Waals surface area contributed by atoms with Crippen molar-refractivity contribution in [1.82, 2.24) is 50.8 Å². The zero-order chi connectivity index (χ0) is 37.7. The average Bonchev–Trinajstić information content (AvgIpc) is 3.81. The van der Waals surface area contributed by atoms with Crippen molar-refractivity contribution in [3.8, 4) is 5.69 Å². The largest absolute Gasteiger partial charge is 0.375 e. The molecule has 8 aliphatic rings. The van der Waals surface area contributed by atoms with Gasteiger partial charge in [0.1, 0.15) is 23.5 Å². The van der Waals surface area contributed by atoms with E-state index in [-0.39, 0.29) is 60.3 Å². The predicted molar refractivity (Wildman–Crippen MR) is 207 cm³/mol. The molecule has 13 atom stereocenters. The highest BCUT2D eigenvalue weighted by molar-refractivity contribution is 5.89. The Morgan fingerprint density at radius 2 is 1.77 bits per heavy atom. The van der Waals surface area contributed by atoms with Gasteiger partial charge in [0.05, 0.1) is 30.0 Å². The number of anilines is 2. The summed E-state index contributed by atoms with van der Waals surface area (Å²) < 4.78 is 53.1. The summed E-state index contributed by atoms with van der Waals surface area (Å²) in [5.41, 5.74) is 0.675. The van der Waals surface area contributed by atoms with Crippen LogP contribution in [0.15, 0.2) is 24.4 Å². The third-order valence-electron chi connectivity index (χ3n) is 14.5. The number of benzene rings is 1. The van der Waals surface area contributed by atoms with Crippen LogP contribution in [0.3, 0.4) is 0 Å². The number of hydrogen-bond acceptors (Lipinski definition) is 12. The van der Waals surface area contributed by atoms with E-state index in [0.29, 0.717) is 36.5 Å². The normalized spacial score (nSPS) is 40.1. The predicted octanol–water partition coefficient (Wildman–Crippen LogP) is 2.49. The molecule has 7 aliphatic heterocycles. The van der Waals surface area contributed by atoms with Gasteiger partial charge in [-0.25, -0.2) is 17.9 Å². The zero-order valence-electron chi connectivity index (χ0n) is 32.2. The number of nitrogens with zero attached hydrogens (tertiary/aromatic N) is 8. The van der Waals surface area contributed by atoms with Gasteiger partial charge in [-0.2, -0.15) is 15.1 Å². The van der Waals surface area contributed by atoms with Crippen molar-refractivity contribution in [2.45, 2.75) is 125 Å². The second kappa shape index (κ2) is 14.3. The van der Waals surface area contributed by atoms with Crippen LogP contribution in [0.2, 0.25) is 0 Å². The average molecular weight is 777 g/mol. The van der Waals surface area contributed by atoms with Gasteiger partial charge in [0.25, 0.3) is 0 Å². The first-order valence-corrected chi connectivity index (χ1v) is 21.3. The lowest BCUT2D eigenvalue weighted by Crippen LogP contribution is -2.68. The lowest BCUT2D eigenvalue weighted by Gasteiger charge is -2.53. The Bertz CT molecular complexity index is 1920. The first kappa shape index (κ1) is 36.0. The van der Waals surface area contributed by atoms with Crippen LogP contribution in [0.1, 0.15) is 58.3 Å². The van der Waals surface area contributed by atoms with Gasteiger partial charge in [-0.15, -0.1) is 0 Å². The molecule has 2 aromatic heterocycles. The summed E-state index contributed by atoms with van der Waals surface area (Å²) in [6.45, 7) is 8.91. The Morgan fingerprint density at radius 3 is 2.62 bits per heavy atom. The van der Waals surface area contributed by atoms with E-state index in [4.69, 9.17) is 14.7 Å². The van der Waals surface area contributed by atoms with Crippen LogP contribution in [-0.2, 0) is 4.74 Å². The fourth-order valence-electron chi connectivity index (χ4n) is 12.1. The van der Waals surface area contributed by atoms with Crippen LogP contribution in [0.5, 0.6) is 0 Å². The Morgan fingerprint density at radius 1 is 0.875 bits per heavy atom. The number of piperazine rings is 1. The number of piperidine rings is 2. The summed E-state index contributed by atoms with van der Waals surface area (Å²) in [5.74, 6) is 0.343. The molecule has 302 valence electrons. The molecule has 7 saturated heterocycles. The van der Waals surface area contributed by atoms with Gasteiger partial charge in [-0.05, 0) is 76.3 Å². The van der Waals surface area contributed by atoms with Crippen LogP contribution in [0, 0.1) is 17.6 Å². The number of alkyl halides is 1. The van der Waals surface area contributed by atoms with Crippen LogP contribution >= 0.6 is 0 Å². The SMILES string of the molecule is CC1NC2CC(F)CC3C4CCCC(N4)N[C@H]4C[C@@H](CN5CCCO[C@@H](C5)CN1C23)N(c1nc(N2C3CNCC2C3)nc2c1cnn2-c1ccc(F)cc1F)C4. The minimum absolute atomic E-state index is 0.0471. The number of nitrogens with one attached hydrogen (secondary N) is 4. The standard InChI is InChI=1S/C40H55F3N12O/c1-22-46-34-12-24(42)10-30-33-4-2-5-36(48-33)47-25-13-28(19-51-8-3-9-56-29(20-51)21-52(22)37(30)34)53(18-25)38-31-17-45-55(35-7-6-23(41)11-32(35)43)39(31)50-40(49-38)54-26-14-27(54)16-44-15-26/h6-7,11,17,22,24-30,33-34,36-37,44,46-48H,2-5,8-10,12-16,18-21H2,1H3/t22?,24?,25-,26?,27?,28-,29-,30?,33?,34?,36?,37?/m0/s1. The van der Waals surface area contributed by atoms with E-state index in [9.17, 15) is 4.39 Å². The van der Waals surface area contributed by atoms with Crippen LogP contribution in [0.4, 0.5) is 24.9 Å². The molecule has 0 amide bonds. The Kier molecular flexibility index (Phi) is 9.20. The maximum absolute atomic E-state index is 15.5. The summed E-state index contributed by atoms with van der Waals surface area (Å²) in [7, 11) is 0. The monoisotopic (exact) mass is 776 g/mol. The molecule has 11 rings (SSSR count). The fraction of sp³-hybridized carbons (Fsp3) is 0.725. The fourth-order valence-corrected chi connectivity index (χ4v) is 12.1. The van der Waals surface area contributed by atoms with Crippen molar-refractivity contribution in [2.24, 2.45) is 5.92 Å². The molecular formula is C40H55F3N12O. The zero-order valence-corrected chi connectivity index (χ0v) is 32.2. The highest BCUT2D eigenvalue weighted by Gasteiger charge is 2.51. The van der Waals surface area contributed by atoms with Gasteiger partial charge in [0, 0.05) is 101 Å². The quantitative estimate of drug-likeness (QED) is 0.314. The van der Waals surface area contributed by atoms with Gasteiger partial charge < -0.3 is 19.9 Å². The lowest BCUT2D eigenvalue weighted by atomic mass is 9.74. The Hall–Kier alpha value is -3.12. The molecule has 1 saturated carbocycles. The molecule has 8 bridgehead atoms. The van der Waals surface area contributed by atoms with Crippen molar-refractivity contribution < 1.29 is 17.9 Å². The number of ether oxygens (including phenoxy) is 1. The highest BCUT2D eigenvalue weighted by Crippen LogP contribution is 2.41. The van der Waals surface area contributed by atoms with E-state index in [0.717, 1.165) is 108 Å². The van der Waals surface area contributed by atoms with Crippen molar-refractivity contribution in [1.29, 1.82) is 0 Å². The molecule has 16 heteroatoms. The molecule has 56 heavy (non-hydrogen) atoms. The number of fused-ring (bicyclic) bond motifs is 10. The molecule has 10 unspecified atom stereocenters. The Labute approximate surface area is 326 Å². The summed E-state index contributed by atoms with van der Waals surface area (Å²) in [5, 5.41) is 20.9. The Balaban J connectivity index is 0.978. The van der Waals surface area contributed by atoms with Gasteiger partial charge in [-0.1, -0.05) is 0 Å². The molecule has 0 radical (unpaired) electrons. The maximum atomic E-state index is 15.5. The molecule has 8 fully saturated rings. The minimum Gasteiger partial charge on any atom is -0.375 e. The van der Waals surface area contributed by atoms with Gasteiger partial charge >= 0.3 is 0 Å². The topological polar surface area (TPSA) is 114 Å². The van der Waals surface area contributed by atoms with Crippen molar-refractivity contribution in [3.05, 3.63) is 36.0 Å².